The fraction of sp³-hybridized carbons (Fsp3) is 0.294. The highest BCUT2D eigenvalue weighted by atomic mass is 35.5. The van der Waals surface area contributed by atoms with Gasteiger partial charge in [-0.1, -0.05) is 23.4 Å². The molecule has 5 N–H and O–H groups in total. The van der Waals surface area contributed by atoms with Gasteiger partial charge in [-0.2, -0.15) is 8.42 Å². The SMILES string of the molecule is Nc1ncnc2c1ncn2C1OC(COS(=O)(=O)NC(=O)c2cc(Cl)ccc2[O-])[C@@H](O)[C@H]1O. The van der Waals surface area contributed by atoms with Gasteiger partial charge in [0.1, 0.15) is 30.2 Å². The van der Waals surface area contributed by atoms with Gasteiger partial charge in [0, 0.05) is 10.6 Å². The number of carbonyl (C=O) groups excluding carboxylic acids is 1. The molecule has 16 heteroatoms. The molecule has 3 heterocycles. The third kappa shape index (κ3) is 4.54. The average molecular weight is 500 g/mol. The van der Waals surface area contributed by atoms with Gasteiger partial charge in [0.25, 0.3) is 5.91 Å². The highest BCUT2D eigenvalue weighted by Crippen LogP contribution is 2.32. The Morgan fingerprint density at radius 2 is 2.06 bits per heavy atom. The molecule has 1 amide bonds. The zero-order valence-corrected chi connectivity index (χ0v) is 18.0. The zero-order chi connectivity index (χ0) is 23.9. The van der Waals surface area contributed by atoms with Crippen LogP contribution in [0, 0.1) is 0 Å². The van der Waals surface area contributed by atoms with Crippen LogP contribution in [0.1, 0.15) is 16.6 Å². The van der Waals surface area contributed by atoms with E-state index in [2.05, 4.69) is 15.0 Å². The molecular formula is C17H16ClN6O8S-. The molecule has 0 bridgehead atoms. The lowest BCUT2D eigenvalue weighted by molar-refractivity contribution is -0.268. The first-order valence-electron chi connectivity index (χ1n) is 9.20. The first-order valence-corrected chi connectivity index (χ1v) is 11.0. The molecule has 14 nitrogen and oxygen atoms in total. The van der Waals surface area contributed by atoms with E-state index in [1.54, 1.807) is 4.72 Å². The molecule has 3 aromatic rings. The Bertz CT molecular complexity index is 1320. The molecule has 0 spiro atoms. The highest BCUT2D eigenvalue weighted by molar-refractivity contribution is 7.85. The topological polar surface area (TPSA) is 215 Å². The van der Waals surface area contributed by atoms with Crippen molar-refractivity contribution in [2.45, 2.75) is 24.5 Å². The number of anilines is 1. The van der Waals surface area contributed by atoms with Crippen LogP contribution in [-0.2, 0) is 19.2 Å². The number of rotatable bonds is 6. The number of ether oxygens (including phenoxy) is 1. The Kier molecular flexibility index (Phi) is 6.08. The molecule has 1 saturated heterocycles. The second-order valence-corrected chi connectivity index (χ2v) is 8.72. The van der Waals surface area contributed by atoms with E-state index in [0.29, 0.717) is 0 Å². The summed E-state index contributed by atoms with van der Waals surface area (Å²) in [5.41, 5.74) is 5.68. The lowest BCUT2D eigenvalue weighted by Crippen LogP contribution is -2.38. The van der Waals surface area contributed by atoms with E-state index in [1.807, 2.05) is 0 Å². The fourth-order valence-electron chi connectivity index (χ4n) is 3.19. The van der Waals surface area contributed by atoms with Gasteiger partial charge in [-0.3, -0.25) is 13.5 Å². The van der Waals surface area contributed by atoms with Crippen molar-refractivity contribution in [3.8, 4) is 5.75 Å². The molecule has 0 aliphatic carbocycles. The molecule has 4 atom stereocenters. The second-order valence-electron chi connectivity index (χ2n) is 6.94. The number of carbonyl (C=O) groups is 1. The summed E-state index contributed by atoms with van der Waals surface area (Å²) in [6, 6.07) is 3.26. The number of hydrogen-bond donors (Lipinski definition) is 4. The summed E-state index contributed by atoms with van der Waals surface area (Å²) in [7, 11) is -4.71. The standard InChI is InChI=1S/C17H17ClN6O8S/c18-7-1-2-9(25)8(3-7)16(28)23-33(29,30)31-4-10-12(26)13(27)17(32-10)24-6-22-11-14(19)20-5-21-15(11)24/h1-3,5-6,10,12-13,17,25-27H,4H2,(H,23,28)(H2,19,20,21)/p-1/t10?,12-,13-,17?/m1/s1. The number of imidazole rings is 1. The summed E-state index contributed by atoms with van der Waals surface area (Å²) in [5.74, 6) is -1.91. The quantitative estimate of drug-likeness (QED) is 0.303. The molecule has 176 valence electrons. The molecule has 2 aromatic heterocycles. The van der Waals surface area contributed by atoms with E-state index in [4.69, 9.17) is 26.3 Å². The summed E-state index contributed by atoms with van der Waals surface area (Å²) in [6.45, 7) is -0.763. The van der Waals surface area contributed by atoms with Gasteiger partial charge in [-0.15, -0.1) is 0 Å². The lowest BCUT2D eigenvalue weighted by Gasteiger charge is -2.16. The third-order valence-corrected chi connectivity index (χ3v) is 5.91. The van der Waals surface area contributed by atoms with Crippen molar-refractivity contribution in [2.24, 2.45) is 0 Å². The van der Waals surface area contributed by atoms with E-state index in [1.165, 1.54) is 23.3 Å². The number of aromatic nitrogens is 4. The summed E-state index contributed by atoms with van der Waals surface area (Å²) in [4.78, 5) is 24.0. The van der Waals surface area contributed by atoms with Crippen molar-refractivity contribution in [1.29, 1.82) is 0 Å². The van der Waals surface area contributed by atoms with Gasteiger partial charge in [0.05, 0.1) is 12.9 Å². The molecule has 2 unspecified atom stereocenters. The Morgan fingerprint density at radius 3 is 2.82 bits per heavy atom. The fourth-order valence-corrected chi connectivity index (χ4v) is 4.07. The van der Waals surface area contributed by atoms with Crippen molar-refractivity contribution < 1.29 is 37.5 Å². The van der Waals surface area contributed by atoms with Crippen LogP contribution in [0.25, 0.3) is 11.2 Å². The lowest BCUT2D eigenvalue weighted by atomic mass is 10.1. The van der Waals surface area contributed by atoms with Crippen LogP contribution in [0.3, 0.4) is 0 Å². The van der Waals surface area contributed by atoms with Gasteiger partial charge < -0.3 is 25.8 Å². The smallest absolute Gasteiger partial charge is 0.362 e. The van der Waals surface area contributed by atoms with Crippen molar-refractivity contribution in [3.05, 3.63) is 41.4 Å². The number of aliphatic hydroxyl groups is 2. The minimum absolute atomic E-state index is 0.0552. The largest absolute Gasteiger partial charge is 0.872 e. The van der Waals surface area contributed by atoms with E-state index in [-0.39, 0.29) is 22.0 Å². The van der Waals surface area contributed by atoms with Crippen LogP contribution in [-0.4, -0.2) is 69.0 Å². The molecule has 0 radical (unpaired) electrons. The van der Waals surface area contributed by atoms with E-state index in [9.17, 15) is 28.5 Å². The van der Waals surface area contributed by atoms with Gasteiger partial charge >= 0.3 is 10.3 Å². The van der Waals surface area contributed by atoms with Crippen LogP contribution < -0.4 is 15.6 Å². The highest BCUT2D eigenvalue weighted by Gasteiger charge is 2.45. The number of nitrogen functional groups attached to an aromatic ring is 1. The molecular weight excluding hydrogens is 484 g/mol. The molecule has 1 aliphatic heterocycles. The minimum atomic E-state index is -4.71. The van der Waals surface area contributed by atoms with Crippen LogP contribution in [0.5, 0.6) is 5.75 Å². The number of fused-ring (bicyclic) bond motifs is 1. The zero-order valence-electron chi connectivity index (χ0n) is 16.4. The number of nitrogens with one attached hydrogen (secondary N) is 1. The monoisotopic (exact) mass is 499 g/mol. The molecule has 4 rings (SSSR count). The van der Waals surface area contributed by atoms with Crippen molar-refractivity contribution in [1.82, 2.24) is 24.2 Å². The normalized spacial score (nSPS) is 23.1. The number of nitrogens with zero attached hydrogens (tertiary/aromatic N) is 4. The van der Waals surface area contributed by atoms with E-state index in [0.717, 1.165) is 12.1 Å². The predicted octanol–water partition coefficient (Wildman–Crippen LogP) is -1.55. The van der Waals surface area contributed by atoms with Crippen LogP contribution >= 0.6 is 11.6 Å². The molecule has 33 heavy (non-hydrogen) atoms. The summed E-state index contributed by atoms with van der Waals surface area (Å²) in [6.07, 6.45) is -3.12. The Hall–Kier alpha value is -3.08. The van der Waals surface area contributed by atoms with Crippen molar-refractivity contribution in [3.63, 3.8) is 0 Å². The maximum Gasteiger partial charge on any atom is 0.362 e. The molecule has 1 fully saturated rings. The summed E-state index contributed by atoms with van der Waals surface area (Å²) < 4.78 is 37.4. The number of nitrogens with two attached hydrogens (primary N) is 1. The van der Waals surface area contributed by atoms with Crippen LogP contribution in [0.15, 0.2) is 30.9 Å². The van der Waals surface area contributed by atoms with Gasteiger partial charge in [0.15, 0.2) is 17.7 Å². The Morgan fingerprint density at radius 1 is 1.30 bits per heavy atom. The van der Waals surface area contributed by atoms with Gasteiger partial charge in [-0.25, -0.2) is 19.7 Å². The van der Waals surface area contributed by atoms with E-state index >= 15 is 0 Å². The minimum Gasteiger partial charge on any atom is -0.872 e. The van der Waals surface area contributed by atoms with Gasteiger partial charge in [0.2, 0.25) is 0 Å². The summed E-state index contributed by atoms with van der Waals surface area (Å²) in [5, 5.41) is 32.5. The second kappa shape index (κ2) is 8.69. The average Bonchev–Trinajstić information content (AvgIpc) is 3.30. The number of benzene rings is 1. The first-order chi connectivity index (χ1) is 15.6. The number of amides is 1. The number of aliphatic hydroxyl groups excluding tert-OH is 2. The molecule has 1 aromatic carbocycles. The summed E-state index contributed by atoms with van der Waals surface area (Å²) >= 11 is 5.72. The number of halogens is 1. The predicted molar refractivity (Wildman–Crippen MR) is 109 cm³/mol. The van der Waals surface area contributed by atoms with Crippen molar-refractivity contribution >= 4 is 44.8 Å². The van der Waals surface area contributed by atoms with E-state index < -0.39 is 58.7 Å². The maximum absolute atomic E-state index is 12.1. The van der Waals surface area contributed by atoms with Gasteiger partial charge in [-0.05, 0) is 12.1 Å². The number of hydrogen-bond acceptors (Lipinski definition) is 12. The van der Waals surface area contributed by atoms with Crippen LogP contribution in [0.2, 0.25) is 5.02 Å². The van der Waals surface area contributed by atoms with Crippen molar-refractivity contribution in [2.75, 3.05) is 12.3 Å². The maximum atomic E-state index is 12.1. The Balaban J connectivity index is 1.44. The molecule has 1 aliphatic rings. The van der Waals surface area contributed by atoms with Crippen LogP contribution in [0.4, 0.5) is 5.82 Å². The first kappa shape index (κ1) is 23.1. The Labute approximate surface area is 190 Å². The third-order valence-electron chi connectivity index (χ3n) is 4.79. The molecule has 0 saturated carbocycles.